The summed E-state index contributed by atoms with van der Waals surface area (Å²) in [5, 5.41) is 4.31. The van der Waals surface area contributed by atoms with Gasteiger partial charge in [0.15, 0.2) is 0 Å². The molecule has 1 N–H and O–H groups in total. The van der Waals surface area contributed by atoms with Crippen molar-refractivity contribution in [3.8, 4) is 0 Å². The number of benzene rings is 1. The highest BCUT2D eigenvalue weighted by Gasteiger charge is 2.11. The highest BCUT2D eigenvalue weighted by molar-refractivity contribution is 6.41. The number of nitrogens with one attached hydrogen (secondary N) is 1. The van der Waals surface area contributed by atoms with E-state index in [0.717, 1.165) is 5.39 Å². The number of pyridine rings is 1. The van der Waals surface area contributed by atoms with Gasteiger partial charge in [0.25, 0.3) is 0 Å². The summed E-state index contributed by atoms with van der Waals surface area (Å²) < 4.78 is 0. The fraction of sp³-hybridized carbons (Fsp3) is 0.0909. The first kappa shape index (κ1) is 11.2. The van der Waals surface area contributed by atoms with Gasteiger partial charge in [0, 0.05) is 18.5 Å². The number of halogens is 2. The molecule has 82 valence electrons. The molecule has 0 unspecified atom stereocenters. The second kappa shape index (κ2) is 4.28. The standard InChI is InChI=1S/C11H8Cl2N2O/c1-6(16)15-11-9(13)5-8(12)7-3-2-4-14-10(7)11/h2-5H,1H3,(H,15,16). The van der Waals surface area contributed by atoms with Gasteiger partial charge < -0.3 is 5.32 Å². The topological polar surface area (TPSA) is 42.0 Å². The molecule has 1 heterocycles. The van der Waals surface area contributed by atoms with Crippen LogP contribution in [0.15, 0.2) is 24.4 Å². The number of carbonyl (C=O) groups is 1. The van der Waals surface area contributed by atoms with E-state index in [1.165, 1.54) is 6.92 Å². The molecular formula is C11H8Cl2N2O. The Morgan fingerprint density at radius 2 is 2.12 bits per heavy atom. The summed E-state index contributed by atoms with van der Waals surface area (Å²) in [6.07, 6.45) is 1.63. The number of rotatable bonds is 1. The second-order valence-corrected chi connectivity index (χ2v) is 4.11. The number of aromatic nitrogens is 1. The van der Waals surface area contributed by atoms with Crippen LogP contribution in [0.4, 0.5) is 5.69 Å². The Hall–Kier alpha value is -1.32. The van der Waals surface area contributed by atoms with Crippen LogP contribution in [0.3, 0.4) is 0 Å². The van der Waals surface area contributed by atoms with Gasteiger partial charge >= 0.3 is 0 Å². The summed E-state index contributed by atoms with van der Waals surface area (Å²) >= 11 is 12.0. The zero-order valence-corrected chi connectivity index (χ0v) is 9.93. The molecule has 0 radical (unpaired) electrons. The molecule has 16 heavy (non-hydrogen) atoms. The van der Waals surface area contributed by atoms with E-state index in [0.29, 0.717) is 21.2 Å². The third kappa shape index (κ3) is 1.96. The quantitative estimate of drug-likeness (QED) is 0.847. The Morgan fingerprint density at radius 3 is 2.81 bits per heavy atom. The van der Waals surface area contributed by atoms with Crippen molar-refractivity contribution in [3.05, 3.63) is 34.4 Å². The van der Waals surface area contributed by atoms with Gasteiger partial charge in [0.05, 0.1) is 21.2 Å². The van der Waals surface area contributed by atoms with Crippen LogP contribution in [0.5, 0.6) is 0 Å². The van der Waals surface area contributed by atoms with E-state index in [1.54, 1.807) is 18.3 Å². The van der Waals surface area contributed by atoms with Gasteiger partial charge in [-0.1, -0.05) is 23.2 Å². The average Bonchev–Trinajstić information content (AvgIpc) is 2.24. The smallest absolute Gasteiger partial charge is 0.221 e. The van der Waals surface area contributed by atoms with Gasteiger partial charge in [-0.3, -0.25) is 9.78 Å². The molecule has 0 fully saturated rings. The van der Waals surface area contributed by atoms with Crippen molar-refractivity contribution >= 4 is 45.7 Å². The maximum atomic E-state index is 11.1. The van der Waals surface area contributed by atoms with Gasteiger partial charge in [-0.25, -0.2) is 0 Å². The van der Waals surface area contributed by atoms with E-state index in [9.17, 15) is 4.79 Å². The molecule has 2 rings (SSSR count). The Kier molecular flexibility index (Phi) is 2.99. The summed E-state index contributed by atoms with van der Waals surface area (Å²) in [6, 6.07) is 5.20. The molecule has 0 aliphatic heterocycles. The molecule has 1 amide bonds. The summed E-state index contributed by atoms with van der Waals surface area (Å²) in [4.78, 5) is 15.2. The largest absolute Gasteiger partial charge is 0.323 e. The molecule has 0 aliphatic rings. The van der Waals surface area contributed by atoms with Crippen molar-refractivity contribution in [1.29, 1.82) is 0 Å². The molecule has 0 bridgehead atoms. The van der Waals surface area contributed by atoms with Crippen molar-refractivity contribution in [2.45, 2.75) is 6.92 Å². The van der Waals surface area contributed by atoms with Crippen LogP contribution in [-0.2, 0) is 4.79 Å². The van der Waals surface area contributed by atoms with Crippen LogP contribution in [0.25, 0.3) is 10.9 Å². The fourth-order valence-electron chi connectivity index (χ4n) is 1.47. The second-order valence-electron chi connectivity index (χ2n) is 3.30. The third-order valence-electron chi connectivity index (χ3n) is 2.10. The number of carbonyl (C=O) groups excluding carboxylic acids is 1. The zero-order valence-electron chi connectivity index (χ0n) is 8.42. The van der Waals surface area contributed by atoms with Gasteiger partial charge in [0.2, 0.25) is 5.91 Å². The first-order chi connectivity index (χ1) is 7.59. The molecule has 0 spiro atoms. The van der Waals surface area contributed by atoms with Crippen molar-refractivity contribution in [3.63, 3.8) is 0 Å². The van der Waals surface area contributed by atoms with Crippen LogP contribution < -0.4 is 5.32 Å². The number of fused-ring (bicyclic) bond motifs is 1. The molecule has 0 saturated carbocycles. The van der Waals surface area contributed by atoms with Crippen molar-refractivity contribution in [2.24, 2.45) is 0 Å². The van der Waals surface area contributed by atoms with E-state index in [1.807, 2.05) is 6.07 Å². The first-order valence-corrected chi connectivity index (χ1v) is 5.35. The summed E-state index contributed by atoms with van der Waals surface area (Å²) in [7, 11) is 0. The SMILES string of the molecule is CC(=O)Nc1c(Cl)cc(Cl)c2cccnc12. The predicted octanol–water partition coefficient (Wildman–Crippen LogP) is 3.50. The summed E-state index contributed by atoms with van der Waals surface area (Å²) in [6.45, 7) is 1.42. The minimum Gasteiger partial charge on any atom is -0.323 e. The van der Waals surface area contributed by atoms with E-state index >= 15 is 0 Å². The lowest BCUT2D eigenvalue weighted by atomic mass is 10.2. The van der Waals surface area contributed by atoms with Crippen LogP contribution in [0.1, 0.15) is 6.92 Å². The van der Waals surface area contributed by atoms with Gasteiger partial charge in [-0.2, -0.15) is 0 Å². The van der Waals surface area contributed by atoms with Gasteiger partial charge in [-0.05, 0) is 18.2 Å². The molecule has 3 nitrogen and oxygen atoms in total. The molecule has 1 aromatic carbocycles. The molecule has 2 aromatic rings. The first-order valence-electron chi connectivity index (χ1n) is 4.60. The Labute approximate surface area is 102 Å². The molecule has 1 aromatic heterocycles. The van der Waals surface area contributed by atoms with Crippen molar-refractivity contribution in [2.75, 3.05) is 5.32 Å². The minimum atomic E-state index is -0.198. The Morgan fingerprint density at radius 1 is 1.38 bits per heavy atom. The number of hydrogen-bond acceptors (Lipinski definition) is 2. The molecular weight excluding hydrogens is 247 g/mol. The average molecular weight is 255 g/mol. The van der Waals surface area contributed by atoms with Crippen LogP contribution in [0, 0.1) is 0 Å². The lowest BCUT2D eigenvalue weighted by Gasteiger charge is -2.09. The normalized spacial score (nSPS) is 10.4. The number of nitrogens with zero attached hydrogens (tertiary/aromatic N) is 1. The lowest BCUT2D eigenvalue weighted by Crippen LogP contribution is -2.07. The van der Waals surface area contributed by atoms with Crippen LogP contribution in [0.2, 0.25) is 10.0 Å². The molecule has 0 atom stereocenters. The summed E-state index contributed by atoms with van der Waals surface area (Å²) in [5.41, 5.74) is 1.09. The number of amides is 1. The maximum absolute atomic E-state index is 11.1. The van der Waals surface area contributed by atoms with E-state index in [4.69, 9.17) is 23.2 Å². The Bertz CT molecular complexity index is 569. The molecule has 5 heteroatoms. The number of anilines is 1. The highest BCUT2D eigenvalue weighted by atomic mass is 35.5. The third-order valence-corrected chi connectivity index (χ3v) is 2.71. The maximum Gasteiger partial charge on any atom is 0.221 e. The highest BCUT2D eigenvalue weighted by Crippen LogP contribution is 2.34. The molecule has 0 aliphatic carbocycles. The number of hydrogen-bond donors (Lipinski definition) is 1. The van der Waals surface area contributed by atoms with E-state index < -0.39 is 0 Å². The van der Waals surface area contributed by atoms with Crippen molar-refractivity contribution < 1.29 is 4.79 Å². The van der Waals surface area contributed by atoms with E-state index in [-0.39, 0.29) is 5.91 Å². The zero-order chi connectivity index (χ0) is 11.7. The Balaban J connectivity index is 2.76. The monoisotopic (exact) mass is 254 g/mol. The minimum absolute atomic E-state index is 0.198. The lowest BCUT2D eigenvalue weighted by molar-refractivity contribution is -0.114. The predicted molar refractivity (Wildman–Crippen MR) is 66.1 cm³/mol. The van der Waals surface area contributed by atoms with Gasteiger partial charge in [0.1, 0.15) is 0 Å². The van der Waals surface area contributed by atoms with Gasteiger partial charge in [-0.15, -0.1) is 0 Å². The fourth-order valence-corrected chi connectivity index (χ4v) is 2.03. The van der Waals surface area contributed by atoms with E-state index in [2.05, 4.69) is 10.3 Å². The van der Waals surface area contributed by atoms with Crippen molar-refractivity contribution in [1.82, 2.24) is 4.98 Å². The van der Waals surface area contributed by atoms with Crippen LogP contribution >= 0.6 is 23.2 Å². The molecule has 0 saturated heterocycles. The van der Waals surface area contributed by atoms with Crippen LogP contribution in [-0.4, -0.2) is 10.9 Å². The summed E-state index contributed by atoms with van der Waals surface area (Å²) in [5.74, 6) is -0.198.